The molecule has 0 spiro atoms. The molecule has 2 bridgehead atoms. The van der Waals surface area contributed by atoms with E-state index in [0.29, 0.717) is 5.38 Å². The second kappa shape index (κ2) is 7.75. The van der Waals surface area contributed by atoms with Crippen LogP contribution in [0.3, 0.4) is 0 Å². The lowest BCUT2D eigenvalue weighted by atomic mass is 10.0. The molecule has 2 heteroatoms. The van der Waals surface area contributed by atoms with Gasteiger partial charge in [0.25, 0.3) is 0 Å². The summed E-state index contributed by atoms with van der Waals surface area (Å²) in [6.45, 7) is 3.63. The summed E-state index contributed by atoms with van der Waals surface area (Å²) in [5, 5.41) is 0.466. The number of rotatable bonds is 8. The molecule has 2 aliphatic heterocycles. The lowest BCUT2D eigenvalue weighted by molar-refractivity contribution is 0.140. The Bertz CT molecular complexity index is 217. The van der Waals surface area contributed by atoms with Crippen molar-refractivity contribution >= 4 is 11.6 Å². The average molecular weight is 272 g/mol. The van der Waals surface area contributed by atoms with E-state index in [9.17, 15) is 0 Å². The van der Waals surface area contributed by atoms with Gasteiger partial charge in [-0.25, -0.2) is 0 Å². The molecule has 2 fully saturated rings. The van der Waals surface area contributed by atoms with Crippen LogP contribution in [0.2, 0.25) is 0 Å². The smallest absolute Gasteiger partial charge is 0.0365 e. The highest BCUT2D eigenvalue weighted by Crippen LogP contribution is 2.37. The van der Waals surface area contributed by atoms with Crippen LogP contribution in [0, 0.1) is 0 Å². The summed E-state index contributed by atoms with van der Waals surface area (Å²) in [6, 6.07) is 1.65. The maximum Gasteiger partial charge on any atom is 0.0365 e. The Hall–Kier alpha value is 0.250. The van der Waals surface area contributed by atoms with Crippen molar-refractivity contribution in [2.45, 2.75) is 95.0 Å². The van der Waals surface area contributed by atoms with Gasteiger partial charge in [-0.2, -0.15) is 0 Å². The van der Waals surface area contributed by atoms with Crippen LogP contribution in [0.1, 0.15) is 77.6 Å². The fourth-order valence-corrected chi connectivity index (χ4v) is 4.24. The molecular weight excluding hydrogens is 242 g/mol. The fourth-order valence-electron chi connectivity index (χ4n) is 3.82. The van der Waals surface area contributed by atoms with E-state index < -0.39 is 0 Å². The van der Waals surface area contributed by atoms with Crippen molar-refractivity contribution in [2.75, 3.05) is 6.54 Å². The molecule has 0 aromatic rings. The zero-order chi connectivity index (χ0) is 12.8. The van der Waals surface area contributed by atoms with E-state index in [-0.39, 0.29) is 0 Å². The summed E-state index contributed by atoms with van der Waals surface area (Å²) >= 11 is 6.32. The SMILES string of the molecule is CCCCCCCCCN1C2CCC1CC(Cl)C2. The number of fused-ring (bicyclic) bond motifs is 2. The summed E-state index contributed by atoms with van der Waals surface area (Å²) in [5.74, 6) is 0. The molecule has 2 saturated heterocycles. The van der Waals surface area contributed by atoms with Crippen molar-refractivity contribution in [2.24, 2.45) is 0 Å². The van der Waals surface area contributed by atoms with E-state index in [4.69, 9.17) is 11.6 Å². The number of unbranched alkanes of at least 4 members (excludes halogenated alkanes) is 6. The number of hydrogen-bond acceptors (Lipinski definition) is 1. The Balaban J connectivity index is 1.55. The van der Waals surface area contributed by atoms with Gasteiger partial charge in [-0.1, -0.05) is 45.4 Å². The van der Waals surface area contributed by atoms with Crippen molar-refractivity contribution in [1.82, 2.24) is 4.90 Å². The molecule has 0 saturated carbocycles. The van der Waals surface area contributed by atoms with Gasteiger partial charge in [-0.05, 0) is 38.6 Å². The number of nitrogens with zero attached hydrogens (tertiary/aromatic N) is 1. The monoisotopic (exact) mass is 271 g/mol. The predicted molar refractivity (Wildman–Crippen MR) is 80.4 cm³/mol. The van der Waals surface area contributed by atoms with E-state index in [1.807, 2.05) is 0 Å². The number of piperidine rings is 1. The number of alkyl halides is 1. The molecule has 106 valence electrons. The lowest BCUT2D eigenvalue weighted by Gasteiger charge is -2.37. The van der Waals surface area contributed by atoms with Crippen LogP contribution in [0.5, 0.6) is 0 Å². The summed E-state index contributed by atoms with van der Waals surface area (Å²) in [7, 11) is 0. The van der Waals surface area contributed by atoms with E-state index in [1.165, 1.54) is 77.2 Å². The summed E-state index contributed by atoms with van der Waals surface area (Å²) in [4.78, 5) is 2.78. The second-order valence-electron chi connectivity index (χ2n) is 6.31. The normalized spacial score (nSPS) is 32.0. The van der Waals surface area contributed by atoms with Gasteiger partial charge in [0.1, 0.15) is 0 Å². The molecule has 0 N–H and O–H groups in total. The van der Waals surface area contributed by atoms with Gasteiger partial charge >= 0.3 is 0 Å². The Kier molecular flexibility index (Phi) is 6.31. The van der Waals surface area contributed by atoms with Crippen molar-refractivity contribution in [1.29, 1.82) is 0 Å². The summed E-state index contributed by atoms with van der Waals surface area (Å²) < 4.78 is 0. The zero-order valence-corrected chi connectivity index (χ0v) is 12.8. The highest BCUT2D eigenvalue weighted by molar-refractivity contribution is 6.20. The van der Waals surface area contributed by atoms with Gasteiger partial charge in [-0.15, -0.1) is 11.6 Å². The van der Waals surface area contributed by atoms with Crippen molar-refractivity contribution in [3.63, 3.8) is 0 Å². The third-order valence-corrected chi connectivity index (χ3v) is 5.20. The van der Waals surface area contributed by atoms with Crippen LogP contribution in [0.25, 0.3) is 0 Å². The van der Waals surface area contributed by atoms with E-state index in [2.05, 4.69) is 11.8 Å². The van der Waals surface area contributed by atoms with Gasteiger partial charge < -0.3 is 0 Å². The molecule has 2 aliphatic rings. The first-order valence-corrected chi connectivity index (χ1v) is 8.64. The van der Waals surface area contributed by atoms with Gasteiger partial charge in [0.15, 0.2) is 0 Å². The van der Waals surface area contributed by atoms with Crippen LogP contribution < -0.4 is 0 Å². The largest absolute Gasteiger partial charge is 0.297 e. The minimum absolute atomic E-state index is 0.466. The second-order valence-corrected chi connectivity index (χ2v) is 6.93. The molecular formula is C16H30ClN. The van der Waals surface area contributed by atoms with Gasteiger partial charge in [0.2, 0.25) is 0 Å². The van der Waals surface area contributed by atoms with Crippen LogP contribution in [0.15, 0.2) is 0 Å². The fraction of sp³-hybridized carbons (Fsp3) is 1.00. The quantitative estimate of drug-likeness (QED) is 0.445. The molecule has 2 unspecified atom stereocenters. The van der Waals surface area contributed by atoms with E-state index in [1.54, 1.807) is 0 Å². The van der Waals surface area contributed by atoms with Gasteiger partial charge in [0, 0.05) is 17.5 Å². The minimum atomic E-state index is 0.466. The molecule has 1 nitrogen and oxygen atoms in total. The van der Waals surface area contributed by atoms with Crippen LogP contribution >= 0.6 is 11.6 Å². The zero-order valence-electron chi connectivity index (χ0n) is 12.0. The van der Waals surface area contributed by atoms with Gasteiger partial charge in [0.05, 0.1) is 0 Å². The Morgan fingerprint density at radius 2 is 1.44 bits per heavy atom. The maximum absolute atomic E-state index is 6.32. The molecule has 2 heterocycles. The molecule has 0 aromatic heterocycles. The molecule has 0 aromatic carbocycles. The third-order valence-electron chi connectivity index (χ3n) is 4.85. The van der Waals surface area contributed by atoms with Crippen molar-refractivity contribution in [3.05, 3.63) is 0 Å². The molecule has 2 rings (SSSR count). The number of halogens is 1. The van der Waals surface area contributed by atoms with E-state index >= 15 is 0 Å². The van der Waals surface area contributed by atoms with Crippen LogP contribution in [-0.2, 0) is 0 Å². The molecule has 2 atom stereocenters. The molecule has 0 amide bonds. The first kappa shape index (κ1) is 14.7. The molecule has 0 aliphatic carbocycles. The minimum Gasteiger partial charge on any atom is -0.297 e. The topological polar surface area (TPSA) is 3.24 Å². The summed E-state index contributed by atoms with van der Waals surface area (Å²) in [6.07, 6.45) is 15.3. The first-order valence-electron chi connectivity index (χ1n) is 8.21. The Labute approximate surface area is 118 Å². The van der Waals surface area contributed by atoms with Crippen LogP contribution in [0.4, 0.5) is 0 Å². The highest BCUT2D eigenvalue weighted by Gasteiger charge is 2.39. The molecule has 0 radical (unpaired) electrons. The molecule has 18 heavy (non-hydrogen) atoms. The van der Waals surface area contributed by atoms with Gasteiger partial charge in [-0.3, -0.25) is 4.90 Å². The Morgan fingerprint density at radius 3 is 2.06 bits per heavy atom. The van der Waals surface area contributed by atoms with E-state index in [0.717, 1.165) is 12.1 Å². The van der Waals surface area contributed by atoms with Crippen molar-refractivity contribution in [3.8, 4) is 0 Å². The predicted octanol–water partition coefficient (Wildman–Crippen LogP) is 4.97. The van der Waals surface area contributed by atoms with Crippen molar-refractivity contribution < 1.29 is 0 Å². The average Bonchev–Trinajstić information content (AvgIpc) is 2.59. The Morgan fingerprint density at radius 1 is 0.889 bits per heavy atom. The lowest BCUT2D eigenvalue weighted by Crippen LogP contribution is -2.43. The first-order chi connectivity index (χ1) is 8.81. The third kappa shape index (κ3) is 4.13. The van der Waals surface area contributed by atoms with Crippen LogP contribution in [-0.4, -0.2) is 28.9 Å². The maximum atomic E-state index is 6.32. The standard InChI is InChI=1S/C16H30ClN/c1-2-3-4-5-6-7-8-11-18-15-9-10-16(18)13-14(17)12-15/h14-16H,2-13H2,1H3. The number of hydrogen-bond donors (Lipinski definition) is 0. The summed E-state index contributed by atoms with van der Waals surface area (Å²) in [5.41, 5.74) is 0. The highest BCUT2D eigenvalue weighted by atomic mass is 35.5.